The molecule has 0 unspecified atom stereocenters. The monoisotopic (exact) mass is 606 g/mol. The molecule has 1 atom stereocenters. The van der Waals surface area contributed by atoms with E-state index in [0.29, 0.717) is 22.2 Å². The summed E-state index contributed by atoms with van der Waals surface area (Å²) in [4.78, 5) is 5.12. The molecule has 3 nitrogen and oxygen atoms in total. The molecule has 0 aliphatic rings. The summed E-state index contributed by atoms with van der Waals surface area (Å²) in [6, 6.07) is 36.5. The fourth-order valence-corrected chi connectivity index (χ4v) is 5.32. The molecule has 5 rings (SSSR count). The number of hydrogen-bond acceptors (Lipinski definition) is 2. The molecule has 0 bridgehead atoms. The number of nitrogens with zero attached hydrogens (tertiary/aromatic N) is 2. The van der Waals surface area contributed by atoms with Crippen molar-refractivity contribution < 1.29 is 4.74 Å². The van der Waals surface area contributed by atoms with Gasteiger partial charge in [0.2, 0.25) is 0 Å². The number of halogens is 2. The van der Waals surface area contributed by atoms with Crippen LogP contribution in [0.3, 0.4) is 0 Å². The van der Waals surface area contributed by atoms with Crippen molar-refractivity contribution in [2.45, 2.75) is 39.8 Å². The maximum absolute atomic E-state index is 7.15. The lowest BCUT2D eigenvalue weighted by Crippen LogP contribution is -2.27. The molecule has 0 fully saturated rings. The molecular weight excluding hydrogens is 571 g/mol. The van der Waals surface area contributed by atoms with Gasteiger partial charge in [0.15, 0.2) is 6.10 Å². The molecule has 0 saturated heterocycles. The first-order valence-electron chi connectivity index (χ1n) is 14.5. The van der Waals surface area contributed by atoms with Gasteiger partial charge in [0, 0.05) is 36.5 Å². The number of aromatic nitrogens is 1. The Labute approximate surface area is 265 Å². The highest BCUT2D eigenvalue weighted by molar-refractivity contribution is 6.38. The third-order valence-corrected chi connectivity index (χ3v) is 7.62. The molecule has 5 aromatic rings. The van der Waals surface area contributed by atoms with Gasteiger partial charge in [0.05, 0.1) is 15.8 Å². The van der Waals surface area contributed by atoms with E-state index < -0.39 is 6.10 Å². The highest BCUT2D eigenvalue weighted by Gasteiger charge is 2.23. The van der Waals surface area contributed by atoms with E-state index in [1.54, 1.807) is 0 Å². The quantitative estimate of drug-likeness (QED) is 0.115. The number of hydrogen-bond donors (Lipinski definition) is 0. The summed E-state index contributed by atoms with van der Waals surface area (Å²) in [6.45, 7) is 7.25. The van der Waals surface area contributed by atoms with Crippen molar-refractivity contribution in [3.8, 4) is 28.0 Å². The zero-order chi connectivity index (χ0) is 30.2. The third-order valence-electron chi connectivity index (χ3n) is 7.01. The minimum absolute atomic E-state index is 0.0730. The molecule has 5 heteroatoms. The Morgan fingerprint density at radius 3 is 1.81 bits per heavy atom. The van der Waals surface area contributed by atoms with Gasteiger partial charge in [-0.2, -0.15) is 0 Å². The molecule has 1 heterocycles. The van der Waals surface area contributed by atoms with E-state index in [-0.39, 0.29) is 5.41 Å². The summed E-state index contributed by atoms with van der Waals surface area (Å²) in [5, 5.41) is 0.998. The maximum atomic E-state index is 7.15. The lowest BCUT2D eigenvalue weighted by atomic mass is 9.94. The Balaban J connectivity index is 1.69. The molecular formula is C38H36Cl2N2O. The lowest BCUT2D eigenvalue weighted by molar-refractivity contribution is 0.310. The van der Waals surface area contributed by atoms with E-state index in [1.165, 1.54) is 0 Å². The molecule has 0 saturated carbocycles. The van der Waals surface area contributed by atoms with E-state index >= 15 is 0 Å². The van der Waals surface area contributed by atoms with Crippen molar-refractivity contribution in [1.29, 1.82) is 0 Å². The minimum atomic E-state index is -0.491. The average Bonchev–Trinajstić information content (AvgIpc) is 3.53. The standard InChI is InChI=1S/C38H36Cl2N2O/c1-38(2,3)24-22-35(34(23-27-42-25-10-11-26-42)41-36-32(39)20-13-21-33(36)40)43-37-30(28-14-6-4-7-15-28)18-12-19-31(37)29-16-8-5-9-17-29/h4-22,24-26,35H,23,27H2,1-3H3/b24-22+,41-34?/t35-/m1/s1. The number of para-hydroxylation sites is 2. The molecule has 0 N–H and O–H groups in total. The largest absolute Gasteiger partial charge is 0.479 e. The van der Waals surface area contributed by atoms with E-state index in [4.69, 9.17) is 32.9 Å². The van der Waals surface area contributed by atoms with Crippen molar-refractivity contribution in [3.63, 3.8) is 0 Å². The SMILES string of the molecule is CC(C)(C)/C=C/[C@@H](Oc1c(-c2ccccc2)cccc1-c1ccccc1)C(CCn1cccc1)=Nc1c(Cl)cccc1Cl. The average molecular weight is 608 g/mol. The molecule has 0 spiro atoms. The van der Waals surface area contributed by atoms with Crippen LogP contribution in [-0.4, -0.2) is 16.4 Å². The van der Waals surface area contributed by atoms with Crippen LogP contribution in [0.5, 0.6) is 5.75 Å². The van der Waals surface area contributed by atoms with Crippen molar-refractivity contribution >= 4 is 34.6 Å². The number of rotatable bonds is 10. The molecule has 1 aromatic heterocycles. The molecule has 0 amide bonds. The highest BCUT2D eigenvalue weighted by Crippen LogP contribution is 2.40. The second-order valence-corrected chi connectivity index (χ2v) is 12.3. The smallest absolute Gasteiger partial charge is 0.155 e. The van der Waals surface area contributed by atoms with E-state index in [1.807, 2.05) is 42.5 Å². The van der Waals surface area contributed by atoms with Gasteiger partial charge in [-0.3, -0.25) is 4.99 Å². The first-order chi connectivity index (χ1) is 20.8. The van der Waals surface area contributed by atoms with Crippen molar-refractivity contribution in [1.82, 2.24) is 4.57 Å². The summed E-state index contributed by atoms with van der Waals surface area (Å²) in [7, 11) is 0. The van der Waals surface area contributed by atoms with E-state index in [9.17, 15) is 0 Å². The van der Waals surface area contributed by atoms with Gasteiger partial charge in [-0.05, 0) is 46.9 Å². The van der Waals surface area contributed by atoms with Crippen LogP contribution >= 0.6 is 23.2 Å². The van der Waals surface area contributed by atoms with Crippen LogP contribution in [0.1, 0.15) is 27.2 Å². The summed E-state index contributed by atoms with van der Waals surface area (Å²) in [5.41, 5.74) is 5.48. The van der Waals surface area contributed by atoms with Gasteiger partial charge in [0.1, 0.15) is 11.4 Å². The molecule has 4 aromatic carbocycles. The molecule has 0 aliphatic carbocycles. The number of ether oxygens (including phenoxy) is 1. The highest BCUT2D eigenvalue weighted by atomic mass is 35.5. The first kappa shape index (κ1) is 30.4. The normalized spacial score (nSPS) is 12.9. The lowest BCUT2D eigenvalue weighted by Gasteiger charge is -2.24. The van der Waals surface area contributed by atoms with Crippen LogP contribution < -0.4 is 4.74 Å². The minimum Gasteiger partial charge on any atom is -0.479 e. The maximum Gasteiger partial charge on any atom is 0.155 e. The Kier molecular flexibility index (Phi) is 9.86. The van der Waals surface area contributed by atoms with Crippen LogP contribution in [0.2, 0.25) is 10.0 Å². The zero-order valence-electron chi connectivity index (χ0n) is 24.8. The number of aryl methyl sites for hydroxylation is 1. The third kappa shape index (κ3) is 8.07. The second-order valence-electron chi connectivity index (χ2n) is 11.5. The van der Waals surface area contributed by atoms with Crippen molar-refractivity contribution in [2.24, 2.45) is 10.4 Å². The van der Waals surface area contributed by atoms with Crippen LogP contribution in [0.4, 0.5) is 5.69 Å². The van der Waals surface area contributed by atoms with Gasteiger partial charge >= 0.3 is 0 Å². The molecule has 0 aliphatic heterocycles. The number of benzene rings is 4. The molecule has 218 valence electrons. The van der Waals surface area contributed by atoms with Gasteiger partial charge in [-0.25, -0.2) is 0 Å². The Bertz CT molecular complexity index is 1610. The summed E-state index contributed by atoms with van der Waals surface area (Å²) in [5.74, 6) is 0.794. The fraction of sp³-hybridized carbons (Fsp3) is 0.184. The van der Waals surface area contributed by atoms with Gasteiger partial charge in [-0.1, -0.05) is 135 Å². The number of aliphatic imine (C=N–C) groups is 1. The van der Waals surface area contributed by atoms with E-state index in [2.05, 4.69) is 117 Å². The van der Waals surface area contributed by atoms with E-state index in [0.717, 1.165) is 40.3 Å². The van der Waals surface area contributed by atoms with Crippen LogP contribution in [0.25, 0.3) is 22.3 Å². The predicted octanol–water partition coefficient (Wildman–Crippen LogP) is 11.3. The van der Waals surface area contributed by atoms with Gasteiger partial charge < -0.3 is 9.30 Å². The molecule has 0 radical (unpaired) electrons. The van der Waals surface area contributed by atoms with Gasteiger partial charge in [0.25, 0.3) is 0 Å². The Morgan fingerprint density at radius 1 is 0.744 bits per heavy atom. The summed E-state index contributed by atoms with van der Waals surface area (Å²) in [6.07, 6.45) is 8.55. The second kappa shape index (κ2) is 13.9. The Hall–Kier alpha value is -4.05. The first-order valence-corrected chi connectivity index (χ1v) is 15.3. The number of allylic oxidation sites excluding steroid dienone is 1. The van der Waals surface area contributed by atoms with Crippen molar-refractivity contribution in [3.05, 3.63) is 144 Å². The van der Waals surface area contributed by atoms with Crippen LogP contribution in [0, 0.1) is 5.41 Å². The Morgan fingerprint density at radius 2 is 1.28 bits per heavy atom. The predicted molar refractivity (Wildman–Crippen MR) is 183 cm³/mol. The molecule has 43 heavy (non-hydrogen) atoms. The van der Waals surface area contributed by atoms with Crippen LogP contribution in [0.15, 0.2) is 139 Å². The van der Waals surface area contributed by atoms with Gasteiger partial charge in [-0.15, -0.1) is 0 Å². The fourth-order valence-electron chi connectivity index (χ4n) is 4.84. The summed E-state index contributed by atoms with van der Waals surface area (Å²) < 4.78 is 9.29. The topological polar surface area (TPSA) is 26.5 Å². The van der Waals surface area contributed by atoms with Crippen molar-refractivity contribution in [2.75, 3.05) is 0 Å². The summed E-state index contributed by atoms with van der Waals surface area (Å²) >= 11 is 13.3. The zero-order valence-corrected chi connectivity index (χ0v) is 26.3. The van der Waals surface area contributed by atoms with Crippen LogP contribution in [-0.2, 0) is 6.54 Å².